The van der Waals surface area contributed by atoms with Crippen LogP contribution in [0.2, 0.25) is 0 Å². The van der Waals surface area contributed by atoms with Crippen LogP contribution >= 0.6 is 0 Å². The lowest BCUT2D eigenvalue weighted by Gasteiger charge is -2.24. The standard InChI is InChI=1S/C44H50N4O8.C35H31N3O4.C4H9NO3.2CH4/c1-25-29(17-39(51)37-18-35(28-13-14-28)31(21-45-37)22-47-44(4,24-50)42(55)56)7-5-8-32(25)33-9-6-10-36(26(33)2)48-40(52)38-19-34(27-11-12-27)30(20-46-38)15-16-43(3,23-49)41(53)54;1-20-24(13-34(41)32-14-29(22-9-10-22)25(18-39)16-36-32)5-3-6-27(20)28-7-4-8-31(21(28)2)38-35(42)33-15-30(23-11-12-23)26(19-40)17-37-33;1-4(5,2-6)3(7)8;;/h5-10,18-21,27-28,47,49-50H,11-17,22-24H2,1-4H3,(H,48,52)(H,53,54)(H,55,56);3-8,14-19,22-23H,9-13H2,1-2H3,(H,38,42);6H,2,5H2,1H3,(H,7,8);2*1H4/t43-,44-;;4-;;/m0.0../s1. The van der Waals surface area contributed by atoms with Crippen LogP contribution in [0.4, 0.5) is 11.4 Å². The summed E-state index contributed by atoms with van der Waals surface area (Å²) in [6.07, 6.45) is 16.9. The Morgan fingerprint density at radius 1 is 0.463 bits per heavy atom. The molecule has 4 saturated carbocycles. The number of aryl methyl sites for hydroxylation is 1. The van der Waals surface area contributed by atoms with Crippen molar-refractivity contribution >= 4 is 65.2 Å². The predicted molar refractivity (Wildman–Crippen MR) is 412 cm³/mol. The zero-order valence-corrected chi connectivity index (χ0v) is 60.5. The minimum atomic E-state index is -1.50. The molecule has 23 nitrogen and oxygen atoms in total. The molecule has 4 aromatic carbocycles. The van der Waals surface area contributed by atoms with E-state index in [1.54, 1.807) is 24.5 Å². The maximum atomic E-state index is 13.7. The summed E-state index contributed by atoms with van der Waals surface area (Å²) in [7, 11) is 0. The van der Waals surface area contributed by atoms with Gasteiger partial charge in [0.1, 0.15) is 33.9 Å². The minimum Gasteiger partial charge on any atom is -0.481 e. The van der Waals surface area contributed by atoms with E-state index in [1.165, 1.54) is 33.2 Å². The number of nitrogens with two attached hydrogens (primary N) is 1. The molecule has 11 N–H and O–H groups in total. The molecular weight excluding hydrogens is 1370 g/mol. The van der Waals surface area contributed by atoms with Crippen LogP contribution in [0.5, 0.6) is 0 Å². The Bertz CT molecular complexity index is 4470. The van der Waals surface area contributed by atoms with Gasteiger partial charge in [-0.3, -0.25) is 68.4 Å². The molecule has 0 aliphatic heterocycles. The normalized spacial score (nSPS) is 15.2. The Kier molecular flexibility index (Phi) is 27.2. The number of aliphatic carboxylic acids is 3. The summed E-state index contributed by atoms with van der Waals surface area (Å²) >= 11 is 0. The molecule has 0 bridgehead atoms. The lowest BCUT2D eigenvalue weighted by atomic mass is 9.84. The minimum absolute atomic E-state index is 0. The Hall–Kier alpha value is -10.7. The number of anilines is 2. The topological polar surface area (TPSA) is 389 Å². The molecular formula is C85H98N8O15. The summed E-state index contributed by atoms with van der Waals surface area (Å²) in [5.74, 6) is -3.08. The van der Waals surface area contributed by atoms with Gasteiger partial charge in [0.05, 0.1) is 25.2 Å². The Labute approximate surface area is 629 Å². The molecule has 23 heteroatoms. The average Bonchev–Trinajstić information content (AvgIpc) is 1.50. The first-order chi connectivity index (χ1) is 50.5. The third-order valence-electron chi connectivity index (χ3n) is 20.8. The molecule has 4 aliphatic rings. The Morgan fingerprint density at radius 3 is 1.22 bits per heavy atom. The van der Waals surface area contributed by atoms with Crippen molar-refractivity contribution in [3.05, 3.63) is 223 Å². The van der Waals surface area contributed by atoms with Crippen LogP contribution in [0, 0.1) is 33.1 Å². The molecule has 8 aromatic rings. The highest BCUT2D eigenvalue weighted by atomic mass is 16.4. The van der Waals surface area contributed by atoms with Crippen LogP contribution in [0.25, 0.3) is 22.3 Å². The summed E-state index contributed by atoms with van der Waals surface area (Å²) < 4.78 is 0. The van der Waals surface area contributed by atoms with E-state index in [0.29, 0.717) is 58.1 Å². The molecule has 4 fully saturated rings. The highest BCUT2D eigenvalue weighted by Crippen LogP contribution is 2.46. The second kappa shape index (κ2) is 35.4. The highest BCUT2D eigenvalue weighted by Gasteiger charge is 2.37. The number of hydrogen-bond acceptors (Lipinski definition) is 18. The van der Waals surface area contributed by atoms with E-state index in [0.717, 1.165) is 153 Å². The van der Waals surface area contributed by atoms with Gasteiger partial charge in [-0.25, -0.2) is 0 Å². The second-order valence-corrected chi connectivity index (χ2v) is 29.1. The number of aldehydes is 2. The lowest BCUT2D eigenvalue weighted by Crippen LogP contribution is -2.52. The first kappa shape index (κ1) is 83.0. The summed E-state index contributed by atoms with van der Waals surface area (Å²) in [6, 6.07) is 30.3. The zero-order chi connectivity index (χ0) is 76.5. The fraction of sp³-hybridized carbons (Fsp3) is 0.376. The van der Waals surface area contributed by atoms with Crippen LogP contribution in [0.15, 0.2) is 122 Å². The van der Waals surface area contributed by atoms with E-state index in [4.69, 9.17) is 15.9 Å². The molecule has 0 spiro atoms. The monoisotopic (exact) mass is 1470 g/mol. The molecule has 4 heterocycles. The molecule has 0 unspecified atom stereocenters. The number of carboxylic acid groups (broad SMARTS) is 3. The van der Waals surface area contributed by atoms with Crippen molar-refractivity contribution < 1.29 is 73.8 Å². The number of carbonyl (C=O) groups is 9. The Morgan fingerprint density at radius 2 is 0.833 bits per heavy atom. The molecule has 0 saturated heterocycles. The van der Waals surface area contributed by atoms with Gasteiger partial charge in [-0.2, -0.15) is 0 Å². The van der Waals surface area contributed by atoms with Crippen molar-refractivity contribution in [1.29, 1.82) is 0 Å². The molecule has 4 aliphatic carbocycles. The van der Waals surface area contributed by atoms with Crippen LogP contribution in [-0.2, 0) is 40.2 Å². The van der Waals surface area contributed by atoms with Crippen molar-refractivity contribution in [3.8, 4) is 22.3 Å². The maximum Gasteiger partial charge on any atom is 0.326 e. The van der Waals surface area contributed by atoms with Gasteiger partial charge < -0.3 is 47.0 Å². The fourth-order valence-corrected chi connectivity index (χ4v) is 12.7. The SMILES string of the molecule is C.C.C[C@](N)(CO)C(=O)O.Cc1c(CC(=O)c2cc(C3CC3)c(C=O)cn2)cccc1-c1cccc(NC(=O)c2cc(C3CC3)c(C=O)cn2)c1C.Cc1c(CC(=O)c2cc(C3CC3)c(CN[C@@](C)(CO)C(=O)O)cn2)cccc1-c1cccc(NC(=O)c2cc(C3CC3)c(CC[C@@](C)(CO)C(=O)O)cn2)c1C. The van der Waals surface area contributed by atoms with Gasteiger partial charge in [-0.05, 0) is 262 Å². The third kappa shape index (κ3) is 19.5. The molecule has 0 radical (unpaired) electrons. The van der Waals surface area contributed by atoms with E-state index in [-0.39, 0.29) is 81.3 Å². The quantitative estimate of drug-likeness (QED) is 0.0148. The predicted octanol–water partition coefficient (Wildman–Crippen LogP) is 13.0. The number of pyridine rings is 4. The number of nitrogens with zero attached hydrogens (tertiary/aromatic N) is 4. The first-order valence-electron chi connectivity index (χ1n) is 35.6. The lowest BCUT2D eigenvalue weighted by molar-refractivity contribution is -0.151. The second-order valence-electron chi connectivity index (χ2n) is 29.1. The number of aliphatic hydroxyl groups is 3. The van der Waals surface area contributed by atoms with Crippen LogP contribution in [0.3, 0.4) is 0 Å². The average molecular weight is 1470 g/mol. The smallest absolute Gasteiger partial charge is 0.326 e. The maximum absolute atomic E-state index is 13.7. The van der Waals surface area contributed by atoms with E-state index >= 15 is 0 Å². The molecule has 4 aromatic heterocycles. The molecule has 108 heavy (non-hydrogen) atoms. The van der Waals surface area contributed by atoms with E-state index in [1.807, 2.05) is 113 Å². The Balaban J connectivity index is 0.000000250. The summed E-state index contributed by atoms with van der Waals surface area (Å²) in [6.45, 7) is 10.7. The third-order valence-corrected chi connectivity index (χ3v) is 20.8. The number of benzene rings is 4. The number of Topliss-reactive ketones (excluding diaryl/α,β-unsaturated/α-hetero) is 2. The first-order valence-corrected chi connectivity index (χ1v) is 35.6. The van der Waals surface area contributed by atoms with Crippen LogP contribution in [-0.4, -0.2) is 135 Å². The largest absolute Gasteiger partial charge is 0.481 e. The highest BCUT2D eigenvalue weighted by molar-refractivity contribution is 6.05. The van der Waals surface area contributed by atoms with Gasteiger partial charge in [-0.1, -0.05) is 75.5 Å². The van der Waals surface area contributed by atoms with E-state index in [9.17, 15) is 63.6 Å². The van der Waals surface area contributed by atoms with E-state index in [2.05, 4.69) is 35.9 Å². The fourth-order valence-electron chi connectivity index (χ4n) is 12.7. The van der Waals surface area contributed by atoms with Crippen molar-refractivity contribution in [2.75, 3.05) is 30.5 Å². The summed E-state index contributed by atoms with van der Waals surface area (Å²) in [5.41, 5.74) is 19.1. The van der Waals surface area contributed by atoms with Crippen molar-refractivity contribution in [1.82, 2.24) is 25.3 Å². The van der Waals surface area contributed by atoms with Gasteiger partial charge in [-0.15, -0.1) is 0 Å². The number of aromatic nitrogens is 4. The number of carboxylic acids is 3. The number of nitrogens with one attached hydrogen (secondary N) is 3. The number of aliphatic hydroxyl groups excluding tert-OH is 3. The molecule has 12 rings (SSSR count). The van der Waals surface area contributed by atoms with Gasteiger partial charge >= 0.3 is 17.9 Å². The van der Waals surface area contributed by atoms with Crippen molar-refractivity contribution in [3.63, 3.8) is 0 Å². The summed E-state index contributed by atoms with van der Waals surface area (Å²) in [5, 5.41) is 63.9. The number of amides is 2. The number of ketones is 2. The van der Waals surface area contributed by atoms with Gasteiger partial charge in [0.15, 0.2) is 24.1 Å². The van der Waals surface area contributed by atoms with Gasteiger partial charge in [0.25, 0.3) is 11.8 Å². The number of rotatable bonds is 30. The molecule has 2 amide bonds. The van der Waals surface area contributed by atoms with Crippen molar-refractivity contribution in [2.24, 2.45) is 11.1 Å². The number of hydrogen-bond donors (Lipinski definition) is 10. The van der Waals surface area contributed by atoms with Crippen LogP contribution < -0.4 is 21.7 Å². The van der Waals surface area contributed by atoms with Gasteiger partial charge in [0, 0.05) is 66.7 Å². The van der Waals surface area contributed by atoms with Crippen LogP contribution in [0.1, 0.15) is 247 Å². The molecule has 3 atom stereocenters. The summed E-state index contributed by atoms with van der Waals surface area (Å²) in [4.78, 5) is 127. The zero-order valence-electron chi connectivity index (χ0n) is 60.5. The number of carbonyl (C=O) groups excluding carboxylic acids is 6. The van der Waals surface area contributed by atoms with Gasteiger partial charge in [0.2, 0.25) is 0 Å². The molecule has 568 valence electrons. The van der Waals surface area contributed by atoms with E-state index < -0.39 is 54.2 Å². The van der Waals surface area contributed by atoms with Crippen molar-refractivity contribution in [2.45, 2.75) is 182 Å².